The van der Waals surface area contributed by atoms with E-state index in [1.165, 1.54) is 14.2 Å². The number of ether oxygens (including phenoxy) is 2. The van der Waals surface area contributed by atoms with Crippen molar-refractivity contribution >= 4 is 57.5 Å². The summed E-state index contributed by atoms with van der Waals surface area (Å²) in [5.74, 6) is -0.888. The molecule has 2 atom stereocenters. The van der Waals surface area contributed by atoms with Gasteiger partial charge in [-0.2, -0.15) is 4.79 Å². The van der Waals surface area contributed by atoms with E-state index in [-0.39, 0.29) is 22.1 Å². The van der Waals surface area contributed by atoms with Gasteiger partial charge in [0.25, 0.3) is 0 Å². The van der Waals surface area contributed by atoms with Gasteiger partial charge in [0.2, 0.25) is 0 Å². The van der Waals surface area contributed by atoms with E-state index in [0.717, 1.165) is 12.0 Å². The molecular weight excluding hydrogens is 695 g/mol. The Hall–Kier alpha value is -2.57. The van der Waals surface area contributed by atoms with Crippen LogP contribution in [0.2, 0.25) is 46.3 Å². The summed E-state index contributed by atoms with van der Waals surface area (Å²) in [6.45, 7) is 29.4. The quantitative estimate of drug-likeness (QED) is 0.0598. The summed E-state index contributed by atoms with van der Waals surface area (Å²) in [7, 11) is -0.699. The van der Waals surface area contributed by atoms with Crippen molar-refractivity contribution in [2.75, 3.05) is 27.4 Å². The standard InChI is InChI=1S/C19H29ClO3Si.C9H7ClN2O2.C9H20OSi/c1-17(2,3)24(6,7)23-13-18(4)12-19(18,16(21)22-5)14-8-10-15(20)11-9-14;1-14-9(13)8(12-11)6-2-4-7(10)5-3-6;1-7-8-10-11(5,6)9(2,3)4/h8-11H,12-13H2,1-7H3;2-5H,1H3;7H,1,8H2,2-6H3/t18?,19-;;/m0../s1. The van der Waals surface area contributed by atoms with Crippen molar-refractivity contribution in [3.05, 3.63) is 87.9 Å². The van der Waals surface area contributed by atoms with Crippen molar-refractivity contribution in [3.63, 3.8) is 0 Å². The smallest absolute Gasteiger partial charge is 0.422 e. The van der Waals surface area contributed by atoms with Crippen molar-refractivity contribution in [1.82, 2.24) is 0 Å². The molecule has 0 heterocycles. The van der Waals surface area contributed by atoms with Gasteiger partial charge in [-0.05, 0) is 84.6 Å². The van der Waals surface area contributed by atoms with Crippen molar-refractivity contribution in [2.24, 2.45) is 5.41 Å². The Labute approximate surface area is 306 Å². The number of rotatable bonds is 10. The van der Waals surface area contributed by atoms with Crippen LogP contribution in [0.5, 0.6) is 0 Å². The number of hydrogen-bond donors (Lipinski definition) is 0. The van der Waals surface area contributed by atoms with E-state index in [4.69, 9.17) is 42.3 Å². The number of halogens is 2. The number of carbonyl (C=O) groups excluding carboxylic acids is 2. The number of methoxy groups -OCH3 is 2. The molecule has 8 nitrogen and oxygen atoms in total. The van der Waals surface area contributed by atoms with Gasteiger partial charge in [0.1, 0.15) is 5.41 Å². The highest BCUT2D eigenvalue weighted by molar-refractivity contribution is 6.74. The molecule has 0 saturated heterocycles. The van der Waals surface area contributed by atoms with Gasteiger partial charge in [0.05, 0.1) is 26.4 Å². The van der Waals surface area contributed by atoms with Crippen LogP contribution in [-0.4, -0.2) is 66.5 Å². The molecule has 0 amide bonds. The zero-order chi connectivity index (χ0) is 38.1. The van der Waals surface area contributed by atoms with Gasteiger partial charge >= 0.3 is 17.7 Å². The minimum absolute atomic E-state index is 0.145. The fraction of sp³-hybridized carbons (Fsp3) is 0.541. The van der Waals surface area contributed by atoms with Gasteiger partial charge in [-0.1, -0.05) is 89.9 Å². The van der Waals surface area contributed by atoms with E-state index in [2.05, 4.69) is 90.8 Å². The van der Waals surface area contributed by atoms with E-state index in [1.54, 1.807) is 24.3 Å². The van der Waals surface area contributed by atoms with Crippen LogP contribution in [0.15, 0.2) is 61.2 Å². The molecule has 2 aromatic rings. The van der Waals surface area contributed by atoms with Crippen molar-refractivity contribution in [1.29, 1.82) is 0 Å². The maximum Gasteiger partial charge on any atom is 0.422 e. The molecule has 0 radical (unpaired) electrons. The Morgan fingerprint density at radius 3 is 1.69 bits per heavy atom. The van der Waals surface area contributed by atoms with Crippen molar-refractivity contribution in [2.45, 2.75) is 96.6 Å². The first kappa shape index (κ1) is 44.5. The Bertz CT molecular complexity index is 1480. The SMILES string of the molecule is C=CCO[Si](C)(C)C(C)(C)C.COC(=O)C(=[N+]=[N-])c1ccc(Cl)cc1.COC(=O)[C@@]1(c2ccc(Cl)cc2)CC1(C)CO[Si](C)(C)C(C)(C)C. The molecule has 0 spiro atoms. The predicted molar refractivity (Wildman–Crippen MR) is 206 cm³/mol. The number of nitrogens with zero attached hydrogens (tertiary/aromatic N) is 2. The molecule has 1 aliphatic rings. The van der Waals surface area contributed by atoms with Crippen molar-refractivity contribution < 1.29 is 32.7 Å². The normalized spacial score (nSPS) is 18.8. The summed E-state index contributed by atoms with van der Waals surface area (Å²) in [6.07, 6.45) is 2.56. The first-order chi connectivity index (χ1) is 22.4. The van der Waals surface area contributed by atoms with Crippen LogP contribution >= 0.6 is 23.2 Å². The first-order valence-corrected chi connectivity index (χ1v) is 22.8. The summed E-state index contributed by atoms with van der Waals surface area (Å²) in [5, 5.41) is 1.66. The lowest BCUT2D eigenvalue weighted by atomic mass is 9.87. The van der Waals surface area contributed by atoms with Gasteiger partial charge in [0, 0.05) is 22.1 Å². The minimum Gasteiger partial charge on any atom is -0.468 e. The topological polar surface area (TPSA) is 107 Å². The zero-order valence-electron chi connectivity index (χ0n) is 31.6. The molecule has 0 bridgehead atoms. The van der Waals surface area contributed by atoms with E-state index in [9.17, 15) is 9.59 Å². The van der Waals surface area contributed by atoms with Crippen LogP contribution in [-0.2, 0) is 33.3 Å². The fourth-order valence-corrected chi connectivity index (χ4v) is 6.80. The van der Waals surface area contributed by atoms with Crippen LogP contribution in [0, 0.1) is 5.41 Å². The summed E-state index contributed by atoms with van der Waals surface area (Å²) in [4.78, 5) is 26.6. The summed E-state index contributed by atoms with van der Waals surface area (Å²) in [6, 6.07) is 13.8. The molecule has 0 aromatic heterocycles. The fourth-order valence-electron chi connectivity index (χ4n) is 4.47. The average molecular weight is 752 g/mol. The molecule has 1 unspecified atom stereocenters. The minimum atomic E-state index is -1.87. The summed E-state index contributed by atoms with van der Waals surface area (Å²) < 4.78 is 21.8. The Balaban J connectivity index is 0.000000407. The molecule has 2 aromatic carbocycles. The molecule has 3 rings (SSSR count). The monoisotopic (exact) mass is 750 g/mol. The Kier molecular flexibility index (Phi) is 15.9. The Morgan fingerprint density at radius 2 is 1.31 bits per heavy atom. The maximum atomic E-state index is 12.6. The van der Waals surface area contributed by atoms with Crippen LogP contribution in [0.1, 0.15) is 66.0 Å². The van der Waals surface area contributed by atoms with Gasteiger partial charge in [-0.15, -0.1) is 6.58 Å². The lowest BCUT2D eigenvalue weighted by molar-refractivity contribution is -0.145. The van der Waals surface area contributed by atoms with Crippen LogP contribution in [0.25, 0.3) is 5.53 Å². The maximum absolute atomic E-state index is 12.6. The second-order valence-corrected chi connectivity index (χ2v) is 26.0. The third-order valence-corrected chi connectivity index (χ3v) is 19.4. The third-order valence-electron chi connectivity index (χ3n) is 9.95. The molecule has 12 heteroatoms. The number of hydrogen-bond acceptors (Lipinski definition) is 6. The predicted octanol–water partition coefficient (Wildman–Crippen LogP) is 9.91. The highest BCUT2D eigenvalue weighted by atomic mass is 35.5. The number of benzene rings is 2. The molecule has 1 fully saturated rings. The lowest BCUT2D eigenvalue weighted by Gasteiger charge is -2.37. The highest BCUT2D eigenvalue weighted by Gasteiger charge is 2.71. The Morgan fingerprint density at radius 1 is 0.857 bits per heavy atom. The van der Waals surface area contributed by atoms with Gasteiger partial charge in [-0.3, -0.25) is 4.79 Å². The van der Waals surface area contributed by atoms with Gasteiger partial charge in [-0.25, -0.2) is 4.79 Å². The van der Waals surface area contributed by atoms with Crippen LogP contribution < -0.4 is 0 Å². The molecular formula is C37H56Cl2N2O6Si2. The van der Waals surface area contributed by atoms with Gasteiger partial charge in [0.15, 0.2) is 16.6 Å². The van der Waals surface area contributed by atoms with Crippen LogP contribution in [0.3, 0.4) is 0 Å². The molecule has 1 saturated carbocycles. The third kappa shape index (κ3) is 11.5. The second-order valence-electron chi connectivity index (χ2n) is 15.5. The molecule has 0 N–H and O–H groups in total. The summed E-state index contributed by atoms with van der Waals surface area (Å²) >= 11 is 11.7. The zero-order valence-corrected chi connectivity index (χ0v) is 35.1. The number of esters is 2. The van der Waals surface area contributed by atoms with E-state index < -0.39 is 28.0 Å². The van der Waals surface area contributed by atoms with Crippen molar-refractivity contribution in [3.8, 4) is 0 Å². The highest BCUT2D eigenvalue weighted by Crippen LogP contribution is 2.65. The molecule has 49 heavy (non-hydrogen) atoms. The van der Waals surface area contributed by atoms with E-state index in [0.29, 0.717) is 33.9 Å². The van der Waals surface area contributed by atoms with E-state index >= 15 is 0 Å². The first-order valence-electron chi connectivity index (χ1n) is 16.2. The average Bonchev–Trinajstić information content (AvgIpc) is 3.66. The lowest BCUT2D eigenvalue weighted by Crippen LogP contribution is -2.43. The van der Waals surface area contributed by atoms with Gasteiger partial charge < -0.3 is 23.9 Å². The number of carbonyl (C=O) groups is 2. The molecule has 1 aliphatic carbocycles. The largest absolute Gasteiger partial charge is 0.468 e. The molecule has 0 aliphatic heterocycles. The summed E-state index contributed by atoms with van der Waals surface area (Å²) in [5.41, 5.74) is 8.98. The van der Waals surface area contributed by atoms with E-state index in [1.807, 2.05) is 30.3 Å². The van der Waals surface area contributed by atoms with Crippen LogP contribution in [0.4, 0.5) is 0 Å². The second kappa shape index (κ2) is 17.6. The molecule has 272 valence electrons.